The smallest absolute Gasteiger partial charge is 0.422 e. The van der Waals surface area contributed by atoms with Gasteiger partial charge in [-0.1, -0.05) is 24.3 Å². The van der Waals surface area contributed by atoms with Crippen LogP contribution in [0.3, 0.4) is 0 Å². The zero-order valence-electron chi connectivity index (χ0n) is 13.2. The van der Waals surface area contributed by atoms with Crippen LogP contribution in [0.2, 0.25) is 0 Å². The highest BCUT2D eigenvalue weighted by Crippen LogP contribution is 2.26. The second kappa shape index (κ2) is 8.50. The van der Waals surface area contributed by atoms with Crippen LogP contribution in [-0.2, 0) is 11.2 Å². The predicted octanol–water partition coefficient (Wildman–Crippen LogP) is 4.41. The number of anilines is 1. The molecule has 1 amide bonds. The van der Waals surface area contributed by atoms with Crippen LogP contribution in [0.4, 0.5) is 27.6 Å². The number of ether oxygens (including phenoxy) is 2. The van der Waals surface area contributed by atoms with E-state index in [0.717, 1.165) is 0 Å². The van der Waals surface area contributed by atoms with E-state index in [1.165, 1.54) is 48.5 Å². The SMILES string of the molecule is O=C(Cc1ccc(OC(F)F)cc1)Nc1ccccc1OCC(F)(F)F. The summed E-state index contributed by atoms with van der Waals surface area (Å²) in [6.45, 7) is -4.43. The van der Waals surface area contributed by atoms with E-state index in [1.54, 1.807) is 0 Å². The summed E-state index contributed by atoms with van der Waals surface area (Å²) in [4.78, 5) is 12.1. The Labute approximate surface area is 145 Å². The van der Waals surface area contributed by atoms with Crippen molar-refractivity contribution in [3.8, 4) is 11.5 Å². The van der Waals surface area contributed by atoms with Crippen LogP contribution < -0.4 is 14.8 Å². The first kappa shape index (κ1) is 19.5. The number of alkyl halides is 5. The van der Waals surface area contributed by atoms with Gasteiger partial charge in [0.05, 0.1) is 12.1 Å². The van der Waals surface area contributed by atoms with Gasteiger partial charge < -0.3 is 14.8 Å². The van der Waals surface area contributed by atoms with Crippen LogP contribution in [0.25, 0.3) is 0 Å². The van der Waals surface area contributed by atoms with Gasteiger partial charge in [-0.15, -0.1) is 0 Å². The summed E-state index contributed by atoms with van der Waals surface area (Å²) in [5.74, 6) is -0.663. The molecule has 2 aromatic carbocycles. The van der Waals surface area contributed by atoms with Gasteiger partial charge in [-0.2, -0.15) is 22.0 Å². The Bertz CT molecular complexity index is 732. The minimum absolute atomic E-state index is 0.0462. The second-order valence-electron chi connectivity index (χ2n) is 5.15. The lowest BCUT2D eigenvalue weighted by Crippen LogP contribution is -2.20. The maximum absolute atomic E-state index is 12.3. The van der Waals surface area contributed by atoms with Crippen LogP contribution in [0.15, 0.2) is 48.5 Å². The summed E-state index contributed by atoms with van der Waals surface area (Å²) in [5, 5.41) is 2.46. The number of halogens is 5. The maximum atomic E-state index is 12.3. The van der Waals surface area contributed by atoms with Crippen molar-refractivity contribution in [1.82, 2.24) is 0 Å². The Hall–Kier alpha value is -2.84. The number of carbonyl (C=O) groups is 1. The largest absolute Gasteiger partial charge is 0.482 e. The third kappa shape index (κ3) is 6.58. The standard InChI is InChI=1S/C17H14F5NO3/c18-16(19)26-12-7-5-11(6-8-12)9-15(24)23-13-3-1-2-4-14(13)25-10-17(20,21)22/h1-8,16H,9-10H2,(H,23,24). The first-order chi connectivity index (χ1) is 12.2. The Morgan fingerprint density at radius 1 is 1.04 bits per heavy atom. The Morgan fingerprint density at radius 2 is 1.69 bits per heavy atom. The van der Waals surface area contributed by atoms with Crippen molar-refractivity contribution in [3.05, 3.63) is 54.1 Å². The van der Waals surface area contributed by atoms with Gasteiger partial charge in [0, 0.05) is 0 Å². The number of benzene rings is 2. The summed E-state index contributed by atoms with van der Waals surface area (Å²) in [6.07, 6.45) is -4.61. The number of hydrogen-bond donors (Lipinski definition) is 1. The van der Waals surface area contributed by atoms with Gasteiger partial charge in [-0.05, 0) is 29.8 Å². The molecule has 0 saturated heterocycles. The highest BCUT2D eigenvalue weighted by molar-refractivity contribution is 5.93. The Balaban J connectivity index is 1.97. The lowest BCUT2D eigenvalue weighted by Gasteiger charge is -2.14. The molecule has 9 heteroatoms. The van der Waals surface area contributed by atoms with Gasteiger partial charge in [-0.3, -0.25) is 4.79 Å². The topological polar surface area (TPSA) is 47.6 Å². The molecule has 0 aliphatic heterocycles. The molecule has 0 fully saturated rings. The van der Waals surface area contributed by atoms with E-state index >= 15 is 0 Å². The fourth-order valence-corrected chi connectivity index (χ4v) is 2.02. The number of carbonyl (C=O) groups excluding carboxylic acids is 1. The van der Waals surface area contributed by atoms with Crippen molar-refractivity contribution >= 4 is 11.6 Å². The van der Waals surface area contributed by atoms with Crippen LogP contribution in [0.1, 0.15) is 5.56 Å². The highest BCUT2D eigenvalue weighted by Gasteiger charge is 2.28. The zero-order valence-corrected chi connectivity index (χ0v) is 13.2. The second-order valence-corrected chi connectivity index (χ2v) is 5.15. The summed E-state index contributed by atoms with van der Waals surface area (Å²) >= 11 is 0. The van der Waals surface area contributed by atoms with Crippen molar-refractivity contribution in [2.24, 2.45) is 0 Å². The molecule has 2 aromatic rings. The molecular formula is C17H14F5NO3. The molecule has 0 radical (unpaired) electrons. The van der Waals surface area contributed by atoms with Crippen LogP contribution >= 0.6 is 0 Å². The quantitative estimate of drug-likeness (QED) is 0.730. The average molecular weight is 375 g/mol. The van der Waals surface area contributed by atoms with E-state index in [-0.39, 0.29) is 23.6 Å². The van der Waals surface area contributed by atoms with Crippen molar-refractivity contribution in [1.29, 1.82) is 0 Å². The molecule has 26 heavy (non-hydrogen) atoms. The molecule has 0 bridgehead atoms. The fourth-order valence-electron chi connectivity index (χ4n) is 2.02. The van der Waals surface area contributed by atoms with E-state index < -0.39 is 25.3 Å². The van der Waals surface area contributed by atoms with E-state index in [2.05, 4.69) is 14.8 Å². The lowest BCUT2D eigenvalue weighted by atomic mass is 10.1. The molecule has 0 aliphatic rings. The Morgan fingerprint density at radius 3 is 2.31 bits per heavy atom. The number of amides is 1. The van der Waals surface area contributed by atoms with Crippen molar-refractivity contribution in [2.75, 3.05) is 11.9 Å². The van der Waals surface area contributed by atoms with E-state index in [0.29, 0.717) is 5.56 Å². The molecule has 0 saturated carbocycles. The molecule has 4 nitrogen and oxygen atoms in total. The monoisotopic (exact) mass is 375 g/mol. The first-order valence-corrected chi connectivity index (χ1v) is 7.35. The Kier molecular flexibility index (Phi) is 6.37. The summed E-state index contributed by atoms with van der Waals surface area (Å²) in [6, 6.07) is 11.2. The molecule has 2 rings (SSSR count). The lowest BCUT2D eigenvalue weighted by molar-refractivity contribution is -0.153. The normalized spacial score (nSPS) is 11.3. The van der Waals surface area contributed by atoms with Crippen molar-refractivity contribution in [3.63, 3.8) is 0 Å². The minimum atomic E-state index is -4.50. The van der Waals surface area contributed by atoms with Crippen molar-refractivity contribution in [2.45, 2.75) is 19.2 Å². The van der Waals surface area contributed by atoms with Gasteiger partial charge >= 0.3 is 12.8 Å². The van der Waals surface area contributed by atoms with Crippen LogP contribution in [-0.4, -0.2) is 25.3 Å². The predicted molar refractivity (Wildman–Crippen MR) is 83.4 cm³/mol. The first-order valence-electron chi connectivity index (χ1n) is 7.35. The minimum Gasteiger partial charge on any atom is -0.482 e. The van der Waals surface area contributed by atoms with Crippen molar-refractivity contribution < 1.29 is 36.2 Å². The molecule has 0 heterocycles. The molecule has 0 unspecified atom stereocenters. The molecular weight excluding hydrogens is 361 g/mol. The van der Waals surface area contributed by atoms with Crippen LogP contribution in [0.5, 0.6) is 11.5 Å². The van der Waals surface area contributed by atoms with Gasteiger partial charge in [0.15, 0.2) is 6.61 Å². The molecule has 140 valence electrons. The summed E-state index contributed by atoms with van der Waals surface area (Å²) in [5.41, 5.74) is 0.609. The van der Waals surface area contributed by atoms with E-state index in [1.807, 2.05) is 0 Å². The van der Waals surface area contributed by atoms with Crippen LogP contribution in [0, 0.1) is 0 Å². The zero-order chi connectivity index (χ0) is 19.2. The average Bonchev–Trinajstić information content (AvgIpc) is 2.54. The molecule has 0 atom stereocenters. The molecule has 1 N–H and O–H groups in total. The molecule has 0 aromatic heterocycles. The summed E-state index contributed by atoms with van der Waals surface area (Å²) < 4.78 is 69.8. The molecule has 0 aliphatic carbocycles. The van der Waals surface area contributed by atoms with Gasteiger partial charge in [0.25, 0.3) is 0 Å². The molecule has 0 spiro atoms. The van der Waals surface area contributed by atoms with E-state index in [9.17, 15) is 26.7 Å². The highest BCUT2D eigenvalue weighted by atomic mass is 19.4. The number of para-hydroxylation sites is 2. The van der Waals surface area contributed by atoms with Gasteiger partial charge in [0.2, 0.25) is 5.91 Å². The maximum Gasteiger partial charge on any atom is 0.422 e. The fraction of sp³-hybridized carbons (Fsp3) is 0.235. The van der Waals surface area contributed by atoms with Gasteiger partial charge in [-0.25, -0.2) is 0 Å². The summed E-state index contributed by atoms with van der Waals surface area (Å²) in [7, 11) is 0. The third-order valence-electron chi connectivity index (χ3n) is 3.07. The third-order valence-corrected chi connectivity index (χ3v) is 3.07. The van der Waals surface area contributed by atoms with E-state index in [4.69, 9.17) is 0 Å². The number of hydrogen-bond acceptors (Lipinski definition) is 3. The number of rotatable bonds is 7. The van der Waals surface area contributed by atoms with Gasteiger partial charge in [0.1, 0.15) is 11.5 Å². The number of nitrogens with one attached hydrogen (secondary N) is 1.